The molecule has 1 aromatic heterocycles. The summed E-state index contributed by atoms with van der Waals surface area (Å²) in [6.45, 7) is 0.851. The third-order valence-electron chi connectivity index (χ3n) is 4.13. The van der Waals surface area contributed by atoms with Gasteiger partial charge in [-0.15, -0.1) is 0 Å². The lowest BCUT2D eigenvalue weighted by molar-refractivity contribution is 0.102. The molecule has 1 aliphatic heterocycles. The lowest BCUT2D eigenvalue weighted by Gasteiger charge is -2.16. The number of para-hydroxylation sites is 1. The number of nitrogens with zero attached hydrogens (tertiary/aromatic N) is 3. The summed E-state index contributed by atoms with van der Waals surface area (Å²) in [5, 5.41) is 2.84. The Balaban J connectivity index is 1.50. The minimum absolute atomic E-state index is 0.226. The summed E-state index contributed by atoms with van der Waals surface area (Å²) in [6, 6.07) is 15.7. The van der Waals surface area contributed by atoms with Crippen LogP contribution in [-0.4, -0.2) is 22.4 Å². The molecule has 6 heteroatoms. The second-order valence-electron chi connectivity index (χ2n) is 5.76. The molecule has 3 aromatic rings. The van der Waals surface area contributed by atoms with Crippen molar-refractivity contribution in [2.24, 2.45) is 0 Å². The number of carbonyl (C=O) groups excluding carboxylic acids is 1. The van der Waals surface area contributed by atoms with Crippen LogP contribution in [0.3, 0.4) is 0 Å². The van der Waals surface area contributed by atoms with Gasteiger partial charge in [0.05, 0.1) is 5.56 Å². The molecule has 0 fully saturated rings. The van der Waals surface area contributed by atoms with Crippen LogP contribution in [0.1, 0.15) is 15.9 Å². The molecule has 25 heavy (non-hydrogen) atoms. The Kier molecular flexibility index (Phi) is 4.19. The van der Waals surface area contributed by atoms with Gasteiger partial charge in [0.15, 0.2) is 0 Å². The van der Waals surface area contributed by atoms with Gasteiger partial charge in [0.1, 0.15) is 0 Å². The number of benzene rings is 2. The van der Waals surface area contributed by atoms with Gasteiger partial charge in [-0.05, 0) is 42.3 Å². The molecule has 1 aliphatic rings. The van der Waals surface area contributed by atoms with E-state index >= 15 is 0 Å². The number of aromatic nitrogens is 2. The molecule has 5 nitrogen and oxygen atoms in total. The average Bonchev–Trinajstić information content (AvgIpc) is 3.08. The van der Waals surface area contributed by atoms with Crippen molar-refractivity contribution in [3.63, 3.8) is 0 Å². The minimum Gasteiger partial charge on any atom is -0.322 e. The molecule has 1 amide bonds. The molecule has 0 radical (unpaired) electrons. The lowest BCUT2D eigenvalue weighted by atomic mass is 10.2. The molecular weight excluding hydrogens is 380 g/mol. The summed E-state index contributed by atoms with van der Waals surface area (Å²) >= 11 is 3.37. The van der Waals surface area contributed by atoms with Gasteiger partial charge in [-0.3, -0.25) is 4.79 Å². The van der Waals surface area contributed by atoms with Gasteiger partial charge in [0, 0.05) is 34.8 Å². The van der Waals surface area contributed by atoms with Gasteiger partial charge in [-0.1, -0.05) is 34.1 Å². The largest absolute Gasteiger partial charge is 0.322 e. The van der Waals surface area contributed by atoms with Gasteiger partial charge in [-0.2, -0.15) is 0 Å². The van der Waals surface area contributed by atoms with E-state index in [1.165, 1.54) is 5.56 Å². The van der Waals surface area contributed by atoms with Crippen LogP contribution in [0.4, 0.5) is 17.3 Å². The Bertz CT molecular complexity index is 909. The van der Waals surface area contributed by atoms with E-state index < -0.39 is 0 Å². The Morgan fingerprint density at radius 1 is 1.04 bits per heavy atom. The zero-order valence-electron chi connectivity index (χ0n) is 13.3. The number of hydrogen-bond donors (Lipinski definition) is 1. The van der Waals surface area contributed by atoms with Gasteiger partial charge in [-0.25, -0.2) is 9.97 Å². The molecular formula is C19H15BrN4O. The van der Waals surface area contributed by atoms with E-state index in [1.54, 1.807) is 12.4 Å². The van der Waals surface area contributed by atoms with Crippen LogP contribution < -0.4 is 10.2 Å². The van der Waals surface area contributed by atoms with Crippen LogP contribution >= 0.6 is 15.9 Å². The molecule has 0 bridgehead atoms. The molecule has 0 aliphatic carbocycles. The summed E-state index contributed by atoms with van der Waals surface area (Å²) in [7, 11) is 0. The minimum atomic E-state index is -0.226. The van der Waals surface area contributed by atoms with Gasteiger partial charge < -0.3 is 10.2 Å². The Labute approximate surface area is 153 Å². The maximum Gasteiger partial charge on any atom is 0.258 e. The van der Waals surface area contributed by atoms with Gasteiger partial charge in [0.2, 0.25) is 5.95 Å². The van der Waals surface area contributed by atoms with Crippen LogP contribution in [0.2, 0.25) is 0 Å². The number of anilines is 3. The van der Waals surface area contributed by atoms with E-state index in [2.05, 4.69) is 48.2 Å². The SMILES string of the molecule is O=C(Nc1ccc(Br)cc1)c1cnc(N2CCc3ccccc32)nc1. The van der Waals surface area contributed by atoms with Crippen molar-refractivity contribution in [2.75, 3.05) is 16.8 Å². The van der Waals surface area contributed by atoms with Crippen molar-refractivity contribution in [1.82, 2.24) is 9.97 Å². The first-order valence-corrected chi connectivity index (χ1v) is 8.74. The second kappa shape index (κ2) is 6.64. The van der Waals surface area contributed by atoms with Crippen molar-refractivity contribution in [2.45, 2.75) is 6.42 Å². The zero-order valence-corrected chi connectivity index (χ0v) is 14.9. The number of nitrogens with one attached hydrogen (secondary N) is 1. The molecule has 0 spiro atoms. The third kappa shape index (κ3) is 3.25. The predicted molar refractivity (Wildman–Crippen MR) is 101 cm³/mol. The number of rotatable bonds is 3. The smallest absolute Gasteiger partial charge is 0.258 e. The van der Waals surface area contributed by atoms with Crippen LogP contribution in [0, 0.1) is 0 Å². The number of amides is 1. The molecule has 0 saturated heterocycles. The Hall–Kier alpha value is -2.73. The summed E-state index contributed by atoms with van der Waals surface area (Å²) in [5.74, 6) is 0.390. The molecule has 0 atom stereocenters. The Morgan fingerprint density at radius 2 is 1.76 bits per heavy atom. The van der Waals surface area contributed by atoms with Crippen molar-refractivity contribution in [3.05, 3.63) is 76.5 Å². The standard InChI is InChI=1S/C19H15BrN4O/c20-15-5-7-16(8-6-15)23-18(25)14-11-21-19(22-12-14)24-10-9-13-3-1-2-4-17(13)24/h1-8,11-12H,9-10H2,(H,23,25). The molecule has 0 unspecified atom stereocenters. The third-order valence-corrected chi connectivity index (χ3v) is 4.66. The van der Waals surface area contributed by atoms with E-state index in [-0.39, 0.29) is 5.91 Å². The summed E-state index contributed by atoms with van der Waals surface area (Å²) < 4.78 is 0.962. The average molecular weight is 395 g/mol. The molecule has 2 heterocycles. The Morgan fingerprint density at radius 3 is 2.52 bits per heavy atom. The van der Waals surface area contributed by atoms with Crippen molar-refractivity contribution in [1.29, 1.82) is 0 Å². The van der Waals surface area contributed by atoms with Crippen LogP contribution in [-0.2, 0) is 6.42 Å². The van der Waals surface area contributed by atoms with Crippen LogP contribution in [0.15, 0.2) is 65.4 Å². The highest BCUT2D eigenvalue weighted by molar-refractivity contribution is 9.10. The number of fused-ring (bicyclic) bond motifs is 1. The molecule has 2 aromatic carbocycles. The van der Waals surface area contributed by atoms with Crippen LogP contribution in [0.5, 0.6) is 0 Å². The molecule has 1 N–H and O–H groups in total. The molecule has 4 rings (SSSR count). The van der Waals surface area contributed by atoms with E-state index in [0.717, 1.165) is 28.8 Å². The van der Waals surface area contributed by atoms with Crippen LogP contribution in [0.25, 0.3) is 0 Å². The lowest BCUT2D eigenvalue weighted by Crippen LogP contribution is -2.18. The fourth-order valence-corrected chi connectivity index (χ4v) is 3.12. The second-order valence-corrected chi connectivity index (χ2v) is 6.68. The van der Waals surface area contributed by atoms with Crippen molar-refractivity contribution in [3.8, 4) is 0 Å². The molecule has 0 saturated carbocycles. The highest BCUT2D eigenvalue weighted by atomic mass is 79.9. The topological polar surface area (TPSA) is 58.1 Å². The quantitative estimate of drug-likeness (QED) is 0.723. The maximum atomic E-state index is 12.3. The van der Waals surface area contributed by atoms with E-state index in [0.29, 0.717) is 11.5 Å². The van der Waals surface area contributed by atoms with Crippen molar-refractivity contribution < 1.29 is 4.79 Å². The van der Waals surface area contributed by atoms with Gasteiger partial charge in [0.25, 0.3) is 5.91 Å². The first-order chi connectivity index (χ1) is 12.2. The van der Waals surface area contributed by atoms with Gasteiger partial charge >= 0.3 is 0 Å². The number of hydrogen-bond acceptors (Lipinski definition) is 4. The normalized spacial score (nSPS) is 12.8. The van der Waals surface area contributed by atoms with Crippen molar-refractivity contribution >= 4 is 39.2 Å². The number of carbonyl (C=O) groups is 1. The molecule has 124 valence electrons. The first-order valence-electron chi connectivity index (χ1n) is 7.95. The fraction of sp³-hybridized carbons (Fsp3) is 0.105. The summed E-state index contributed by atoms with van der Waals surface area (Å²) in [6.07, 6.45) is 4.11. The fourth-order valence-electron chi connectivity index (χ4n) is 2.86. The van der Waals surface area contributed by atoms with E-state index in [1.807, 2.05) is 36.4 Å². The van der Waals surface area contributed by atoms with E-state index in [9.17, 15) is 4.79 Å². The zero-order chi connectivity index (χ0) is 17.2. The van der Waals surface area contributed by atoms with E-state index in [4.69, 9.17) is 0 Å². The number of halogens is 1. The highest BCUT2D eigenvalue weighted by Gasteiger charge is 2.21. The summed E-state index contributed by atoms with van der Waals surface area (Å²) in [5.41, 5.74) is 3.59. The highest BCUT2D eigenvalue weighted by Crippen LogP contribution is 2.31. The monoisotopic (exact) mass is 394 g/mol. The first kappa shape index (κ1) is 15.8. The maximum absolute atomic E-state index is 12.3. The summed E-state index contributed by atoms with van der Waals surface area (Å²) in [4.78, 5) is 23.2. The predicted octanol–water partition coefficient (Wildman–Crippen LogP) is 4.19.